The summed E-state index contributed by atoms with van der Waals surface area (Å²) in [4.78, 5) is 13.4. The van der Waals surface area contributed by atoms with Crippen LogP contribution < -0.4 is 10.6 Å². The molecule has 2 heterocycles. The summed E-state index contributed by atoms with van der Waals surface area (Å²) >= 11 is 0. The minimum atomic E-state index is 0. The third kappa shape index (κ3) is 6.59. The fraction of sp³-hybridized carbons (Fsp3) is 0.381. The summed E-state index contributed by atoms with van der Waals surface area (Å²) in [5, 5.41) is 6.54. The van der Waals surface area contributed by atoms with Crippen LogP contribution in [0.4, 0.5) is 0 Å². The van der Waals surface area contributed by atoms with Crippen molar-refractivity contribution in [3.63, 3.8) is 0 Å². The Morgan fingerprint density at radius 3 is 2.62 bits per heavy atom. The predicted octanol–water partition coefficient (Wildman–Crippen LogP) is 3.72. The van der Waals surface area contributed by atoms with Crippen molar-refractivity contribution >= 4 is 29.9 Å². The Morgan fingerprint density at radius 1 is 1.17 bits per heavy atom. The van der Waals surface area contributed by atoms with Gasteiger partial charge in [-0.25, -0.2) is 15.0 Å². The number of imidazole rings is 1. The molecule has 0 fully saturated rings. The average Bonchev–Trinajstić information content (AvgIpc) is 3.23. The van der Waals surface area contributed by atoms with Gasteiger partial charge in [-0.2, -0.15) is 0 Å². The highest BCUT2D eigenvalue weighted by Crippen LogP contribution is 2.10. The monoisotopic (exact) mass is 508 g/mol. The number of rotatable bonds is 7. The van der Waals surface area contributed by atoms with Gasteiger partial charge in [0.05, 0.1) is 18.8 Å². The summed E-state index contributed by atoms with van der Waals surface area (Å²) in [6.07, 6.45) is 3.83. The summed E-state index contributed by atoms with van der Waals surface area (Å²) < 4.78 is 7.75. The normalized spacial score (nSPS) is 11.2. The van der Waals surface area contributed by atoms with Gasteiger partial charge in [-0.1, -0.05) is 24.3 Å². The largest absolute Gasteiger partial charge is 0.444 e. The maximum Gasteiger partial charge on any atom is 0.214 e. The lowest BCUT2D eigenvalue weighted by Crippen LogP contribution is -2.36. The van der Waals surface area contributed by atoms with Crippen molar-refractivity contribution in [3.8, 4) is 0 Å². The number of guanidine groups is 1. The Labute approximate surface area is 189 Å². The van der Waals surface area contributed by atoms with E-state index in [2.05, 4.69) is 54.4 Å². The number of aryl methyl sites for hydroxylation is 3. The maximum absolute atomic E-state index is 5.62. The zero-order valence-electron chi connectivity index (χ0n) is 17.4. The molecule has 0 aliphatic rings. The van der Waals surface area contributed by atoms with Crippen molar-refractivity contribution in [2.24, 2.45) is 4.99 Å². The zero-order chi connectivity index (χ0) is 19.9. The van der Waals surface area contributed by atoms with Gasteiger partial charge in [0.1, 0.15) is 11.6 Å². The minimum Gasteiger partial charge on any atom is -0.444 e. The molecule has 1 aromatic carbocycles. The van der Waals surface area contributed by atoms with E-state index in [1.807, 2.05) is 40.1 Å². The van der Waals surface area contributed by atoms with Crippen LogP contribution in [0.3, 0.4) is 0 Å². The van der Waals surface area contributed by atoms with E-state index >= 15 is 0 Å². The topological polar surface area (TPSA) is 80.3 Å². The summed E-state index contributed by atoms with van der Waals surface area (Å²) in [5.41, 5.74) is 3.32. The second-order valence-corrected chi connectivity index (χ2v) is 6.72. The highest BCUT2D eigenvalue weighted by Gasteiger charge is 2.06. The van der Waals surface area contributed by atoms with E-state index in [0.29, 0.717) is 19.0 Å². The van der Waals surface area contributed by atoms with Crippen LogP contribution in [-0.4, -0.2) is 27.0 Å². The Balaban J connectivity index is 0.00000300. The fourth-order valence-electron chi connectivity index (χ4n) is 2.88. The molecule has 0 saturated heterocycles. The van der Waals surface area contributed by atoms with E-state index in [0.717, 1.165) is 41.9 Å². The van der Waals surface area contributed by atoms with Gasteiger partial charge in [-0.15, -0.1) is 24.0 Å². The Bertz CT molecular complexity index is 927. The molecule has 156 valence electrons. The second kappa shape index (κ2) is 11.0. The molecular formula is C21H29IN6O. The molecule has 8 heteroatoms. The van der Waals surface area contributed by atoms with Crippen molar-refractivity contribution in [1.82, 2.24) is 25.2 Å². The van der Waals surface area contributed by atoms with Gasteiger partial charge in [0, 0.05) is 25.5 Å². The van der Waals surface area contributed by atoms with Gasteiger partial charge in [-0.3, -0.25) is 0 Å². The first-order chi connectivity index (χ1) is 13.5. The molecule has 2 aromatic heterocycles. The van der Waals surface area contributed by atoms with E-state index in [4.69, 9.17) is 4.42 Å². The smallest absolute Gasteiger partial charge is 0.214 e. The highest BCUT2D eigenvalue weighted by atomic mass is 127. The van der Waals surface area contributed by atoms with E-state index in [-0.39, 0.29) is 24.0 Å². The van der Waals surface area contributed by atoms with Crippen molar-refractivity contribution in [2.45, 2.75) is 47.3 Å². The van der Waals surface area contributed by atoms with Crippen LogP contribution in [0.2, 0.25) is 0 Å². The Hall–Kier alpha value is -2.36. The van der Waals surface area contributed by atoms with Gasteiger partial charge in [-0.05, 0) is 38.8 Å². The van der Waals surface area contributed by atoms with Crippen LogP contribution in [0.25, 0.3) is 0 Å². The standard InChI is InChI=1S/C21H28N6O.HI/c1-5-22-21(25-13-20-26-15(2)16(3)28-20)24-12-18-7-6-8-19(11-18)14-27-10-9-23-17(27)4;/h6-11H,5,12-14H2,1-4H3,(H2,22,24,25);1H. The SMILES string of the molecule is CCNC(=NCc1cccc(Cn2ccnc2C)c1)NCc1nc(C)c(C)o1.I. The van der Waals surface area contributed by atoms with Crippen LogP contribution in [0.1, 0.15) is 41.2 Å². The zero-order valence-corrected chi connectivity index (χ0v) is 19.7. The molecule has 0 aliphatic carbocycles. The fourth-order valence-corrected chi connectivity index (χ4v) is 2.88. The number of hydrogen-bond acceptors (Lipinski definition) is 4. The molecule has 29 heavy (non-hydrogen) atoms. The van der Waals surface area contributed by atoms with Gasteiger partial charge in [0.25, 0.3) is 0 Å². The molecule has 2 N–H and O–H groups in total. The first-order valence-electron chi connectivity index (χ1n) is 9.55. The lowest BCUT2D eigenvalue weighted by molar-refractivity contribution is 0.463. The van der Waals surface area contributed by atoms with Crippen molar-refractivity contribution in [2.75, 3.05) is 6.54 Å². The van der Waals surface area contributed by atoms with E-state index in [1.54, 1.807) is 0 Å². The van der Waals surface area contributed by atoms with Crippen LogP contribution in [-0.2, 0) is 19.6 Å². The number of aliphatic imine (C=N–C) groups is 1. The van der Waals surface area contributed by atoms with Crippen LogP contribution in [0, 0.1) is 20.8 Å². The number of oxazole rings is 1. The summed E-state index contributed by atoms with van der Waals surface area (Å²) in [5.74, 6) is 3.27. The average molecular weight is 508 g/mol. The predicted molar refractivity (Wildman–Crippen MR) is 126 cm³/mol. The summed E-state index contributed by atoms with van der Waals surface area (Å²) in [6.45, 7) is 10.6. The number of aromatic nitrogens is 3. The van der Waals surface area contributed by atoms with Crippen LogP contribution in [0.15, 0.2) is 46.1 Å². The van der Waals surface area contributed by atoms with E-state index in [1.165, 1.54) is 5.56 Å². The minimum absolute atomic E-state index is 0. The molecule has 0 radical (unpaired) electrons. The lowest BCUT2D eigenvalue weighted by atomic mass is 10.1. The molecule has 0 bridgehead atoms. The first kappa shape index (κ1) is 22.9. The molecule has 7 nitrogen and oxygen atoms in total. The van der Waals surface area contributed by atoms with Gasteiger partial charge >= 0.3 is 0 Å². The van der Waals surface area contributed by atoms with Crippen LogP contribution in [0.5, 0.6) is 0 Å². The number of nitrogens with zero attached hydrogens (tertiary/aromatic N) is 4. The first-order valence-corrected chi connectivity index (χ1v) is 9.55. The maximum atomic E-state index is 5.62. The molecule has 0 aliphatic heterocycles. The van der Waals surface area contributed by atoms with Gasteiger partial charge in [0.15, 0.2) is 5.96 Å². The summed E-state index contributed by atoms with van der Waals surface area (Å²) in [6, 6.07) is 8.49. The van der Waals surface area contributed by atoms with Crippen molar-refractivity contribution in [1.29, 1.82) is 0 Å². The molecule has 0 amide bonds. The Morgan fingerprint density at radius 2 is 1.97 bits per heavy atom. The molecule has 3 rings (SSSR count). The van der Waals surface area contributed by atoms with Crippen molar-refractivity contribution in [3.05, 3.63) is 71.0 Å². The molecule has 3 aromatic rings. The number of halogens is 1. The molecule has 0 atom stereocenters. The molecule has 0 spiro atoms. The van der Waals surface area contributed by atoms with E-state index < -0.39 is 0 Å². The van der Waals surface area contributed by atoms with Crippen molar-refractivity contribution < 1.29 is 4.42 Å². The molecular weight excluding hydrogens is 479 g/mol. The second-order valence-electron chi connectivity index (χ2n) is 6.72. The van der Waals surface area contributed by atoms with Gasteiger partial charge in [0.2, 0.25) is 5.89 Å². The number of nitrogens with one attached hydrogen (secondary N) is 2. The highest BCUT2D eigenvalue weighted by molar-refractivity contribution is 14.0. The van der Waals surface area contributed by atoms with Gasteiger partial charge < -0.3 is 19.6 Å². The Kier molecular flexibility index (Phi) is 8.69. The number of hydrogen-bond donors (Lipinski definition) is 2. The quantitative estimate of drug-likeness (QED) is 0.289. The third-order valence-electron chi connectivity index (χ3n) is 4.51. The molecule has 0 saturated carbocycles. The molecule has 0 unspecified atom stereocenters. The lowest BCUT2D eigenvalue weighted by Gasteiger charge is -2.10. The number of benzene rings is 1. The third-order valence-corrected chi connectivity index (χ3v) is 4.51. The summed E-state index contributed by atoms with van der Waals surface area (Å²) in [7, 11) is 0. The van der Waals surface area contributed by atoms with Crippen LogP contribution >= 0.6 is 24.0 Å². The van der Waals surface area contributed by atoms with E-state index in [9.17, 15) is 0 Å².